The van der Waals surface area contributed by atoms with Gasteiger partial charge < -0.3 is 10.3 Å². The van der Waals surface area contributed by atoms with Crippen molar-refractivity contribution in [1.82, 2.24) is 19.9 Å². The molecule has 0 bridgehead atoms. The molecule has 0 amide bonds. The van der Waals surface area contributed by atoms with Gasteiger partial charge in [0.2, 0.25) is 0 Å². The second kappa shape index (κ2) is 6.24. The average molecular weight is 357 g/mol. The predicted molar refractivity (Wildman–Crippen MR) is 106 cm³/mol. The Kier molecular flexibility index (Phi) is 3.61. The average Bonchev–Trinajstić information content (AvgIpc) is 3.31. The van der Waals surface area contributed by atoms with Gasteiger partial charge in [0.15, 0.2) is 11.5 Å². The van der Waals surface area contributed by atoms with Crippen molar-refractivity contribution in [3.63, 3.8) is 0 Å². The molecule has 5 aromatic rings. The molecule has 0 atom stereocenters. The Labute approximate surface area is 153 Å². The van der Waals surface area contributed by atoms with Crippen molar-refractivity contribution < 1.29 is 0 Å². The second-order valence-corrected chi connectivity index (χ2v) is 7.08. The van der Waals surface area contributed by atoms with E-state index < -0.39 is 0 Å². The van der Waals surface area contributed by atoms with Crippen LogP contribution in [0, 0.1) is 0 Å². The molecule has 0 aliphatic heterocycles. The van der Waals surface area contributed by atoms with Crippen molar-refractivity contribution in [2.45, 2.75) is 6.54 Å². The summed E-state index contributed by atoms with van der Waals surface area (Å²) < 4.78 is 1.29. The lowest BCUT2D eigenvalue weighted by molar-refractivity contribution is 1.12. The Morgan fingerprint density at radius 2 is 1.77 bits per heavy atom. The molecule has 126 valence electrons. The van der Waals surface area contributed by atoms with Gasteiger partial charge in [-0.05, 0) is 11.6 Å². The highest BCUT2D eigenvalue weighted by Crippen LogP contribution is 2.39. The molecule has 5 rings (SSSR count). The summed E-state index contributed by atoms with van der Waals surface area (Å²) >= 11 is 1.81. The number of hydrogen-bond acceptors (Lipinski definition) is 5. The molecule has 3 heterocycles. The van der Waals surface area contributed by atoms with Crippen LogP contribution in [0.4, 0.5) is 5.82 Å². The summed E-state index contributed by atoms with van der Waals surface area (Å²) in [6.07, 6.45) is 3.17. The molecule has 0 radical (unpaired) electrons. The standard InChI is InChI=1S/C20H15N5S/c1-2-6-13(7-3-1)17-14-8-4-5-9-15(14)26-16(17)10-21-19-18-20(23-11-22-18)25-12-24-19/h1-9,11-12H,10H2,(H2,21,22,23,24,25). The third-order valence-electron chi connectivity index (χ3n) is 4.37. The van der Waals surface area contributed by atoms with Crippen LogP contribution in [0.2, 0.25) is 0 Å². The zero-order valence-electron chi connectivity index (χ0n) is 13.8. The number of aromatic nitrogens is 4. The predicted octanol–water partition coefficient (Wildman–Crippen LogP) is 4.85. The van der Waals surface area contributed by atoms with Crippen molar-refractivity contribution in [3.05, 3.63) is 72.1 Å². The van der Waals surface area contributed by atoms with E-state index in [2.05, 4.69) is 73.8 Å². The number of aromatic amines is 1. The quantitative estimate of drug-likeness (QED) is 0.483. The van der Waals surface area contributed by atoms with Crippen LogP contribution in [0.25, 0.3) is 32.4 Å². The molecule has 0 fully saturated rings. The number of imidazole rings is 1. The van der Waals surface area contributed by atoms with Gasteiger partial charge in [0, 0.05) is 20.5 Å². The van der Waals surface area contributed by atoms with Crippen LogP contribution < -0.4 is 5.32 Å². The number of fused-ring (bicyclic) bond motifs is 2. The summed E-state index contributed by atoms with van der Waals surface area (Å²) in [5.41, 5.74) is 4.02. The number of rotatable bonds is 4. The summed E-state index contributed by atoms with van der Waals surface area (Å²) in [6.45, 7) is 0.689. The fraction of sp³-hybridized carbons (Fsp3) is 0.0500. The summed E-state index contributed by atoms with van der Waals surface area (Å²) in [4.78, 5) is 17.1. The smallest absolute Gasteiger partial charge is 0.182 e. The maximum Gasteiger partial charge on any atom is 0.182 e. The van der Waals surface area contributed by atoms with Crippen molar-refractivity contribution >= 4 is 38.4 Å². The van der Waals surface area contributed by atoms with E-state index in [1.807, 2.05) is 17.4 Å². The molecule has 6 heteroatoms. The van der Waals surface area contributed by atoms with Gasteiger partial charge in [-0.2, -0.15) is 0 Å². The fourth-order valence-electron chi connectivity index (χ4n) is 3.21. The van der Waals surface area contributed by atoms with Crippen molar-refractivity contribution in [3.8, 4) is 11.1 Å². The minimum absolute atomic E-state index is 0.669. The Morgan fingerprint density at radius 1 is 0.923 bits per heavy atom. The molecule has 0 aliphatic rings. The van der Waals surface area contributed by atoms with Gasteiger partial charge in [0.25, 0.3) is 0 Å². The zero-order chi connectivity index (χ0) is 17.3. The van der Waals surface area contributed by atoms with Gasteiger partial charge in [0.05, 0.1) is 12.9 Å². The highest BCUT2D eigenvalue weighted by Gasteiger charge is 2.14. The summed E-state index contributed by atoms with van der Waals surface area (Å²) in [5.74, 6) is 0.768. The minimum Gasteiger partial charge on any atom is -0.363 e. The number of anilines is 1. The van der Waals surface area contributed by atoms with Gasteiger partial charge in [-0.15, -0.1) is 11.3 Å². The normalized spacial score (nSPS) is 11.2. The second-order valence-electron chi connectivity index (χ2n) is 5.94. The monoisotopic (exact) mass is 357 g/mol. The molecule has 0 unspecified atom stereocenters. The molecule has 3 aromatic heterocycles. The lowest BCUT2D eigenvalue weighted by Crippen LogP contribution is -2.02. The Bertz CT molecular complexity index is 1190. The van der Waals surface area contributed by atoms with Crippen LogP contribution >= 0.6 is 11.3 Å². The topological polar surface area (TPSA) is 66.5 Å². The van der Waals surface area contributed by atoms with E-state index in [0.29, 0.717) is 12.2 Å². The number of benzene rings is 2. The summed E-state index contributed by atoms with van der Waals surface area (Å²) in [7, 11) is 0. The van der Waals surface area contributed by atoms with Gasteiger partial charge in [-0.3, -0.25) is 0 Å². The Hall–Kier alpha value is -3.25. The molecular weight excluding hydrogens is 342 g/mol. The van der Waals surface area contributed by atoms with E-state index in [4.69, 9.17) is 0 Å². The van der Waals surface area contributed by atoms with Crippen LogP contribution in [0.1, 0.15) is 4.88 Å². The Balaban J connectivity index is 1.58. The first-order valence-corrected chi connectivity index (χ1v) is 9.15. The Morgan fingerprint density at radius 3 is 2.69 bits per heavy atom. The summed E-state index contributed by atoms with van der Waals surface area (Å²) in [6, 6.07) is 19.1. The molecule has 2 aromatic carbocycles. The third-order valence-corrected chi connectivity index (χ3v) is 5.54. The SMILES string of the molecule is c1ccc(-c2c(CNc3ncnc4nc[nH]c34)sc3ccccc23)cc1. The number of nitrogens with one attached hydrogen (secondary N) is 2. The summed E-state index contributed by atoms with van der Waals surface area (Å²) in [5, 5.41) is 4.74. The van der Waals surface area contributed by atoms with Gasteiger partial charge in [-0.25, -0.2) is 15.0 Å². The van der Waals surface area contributed by atoms with E-state index in [-0.39, 0.29) is 0 Å². The van der Waals surface area contributed by atoms with E-state index in [1.165, 1.54) is 32.4 Å². The fourth-order valence-corrected chi connectivity index (χ4v) is 4.37. The van der Waals surface area contributed by atoms with Crippen molar-refractivity contribution in [1.29, 1.82) is 0 Å². The molecule has 0 spiro atoms. The molecule has 0 saturated carbocycles. The van der Waals surface area contributed by atoms with E-state index in [0.717, 1.165) is 11.3 Å². The van der Waals surface area contributed by atoms with Crippen molar-refractivity contribution in [2.24, 2.45) is 0 Å². The van der Waals surface area contributed by atoms with Crippen LogP contribution in [-0.4, -0.2) is 19.9 Å². The van der Waals surface area contributed by atoms with Crippen LogP contribution in [0.5, 0.6) is 0 Å². The van der Waals surface area contributed by atoms with E-state index >= 15 is 0 Å². The maximum atomic E-state index is 4.36. The molecular formula is C20H15N5S. The van der Waals surface area contributed by atoms with Crippen LogP contribution in [-0.2, 0) is 6.54 Å². The van der Waals surface area contributed by atoms with E-state index in [1.54, 1.807) is 6.33 Å². The lowest BCUT2D eigenvalue weighted by Gasteiger charge is -2.08. The first-order chi connectivity index (χ1) is 12.9. The zero-order valence-corrected chi connectivity index (χ0v) is 14.6. The van der Waals surface area contributed by atoms with E-state index in [9.17, 15) is 0 Å². The molecule has 0 saturated heterocycles. The maximum absolute atomic E-state index is 4.36. The minimum atomic E-state index is 0.669. The third kappa shape index (κ3) is 2.51. The highest BCUT2D eigenvalue weighted by atomic mass is 32.1. The first kappa shape index (κ1) is 15.0. The van der Waals surface area contributed by atoms with Crippen LogP contribution in [0.15, 0.2) is 67.3 Å². The van der Waals surface area contributed by atoms with Gasteiger partial charge in [0.1, 0.15) is 11.8 Å². The molecule has 26 heavy (non-hydrogen) atoms. The molecule has 2 N–H and O–H groups in total. The molecule has 5 nitrogen and oxygen atoms in total. The number of thiophene rings is 1. The highest BCUT2D eigenvalue weighted by molar-refractivity contribution is 7.19. The van der Waals surface area contributed by atoms with Gasteiger partial charge >= 0.3 is 0 Å². The lowest BCUT2D eigenvalue weighted by atomic mass is 10.0. The van der Waals surface area contributed by atoms with Crippen LogP contribution in [0.3, 0.4) is 0 Å². The largest absolute Gasteiger partial charge is 0.363 e. The first-order valence-electron chi connectivity index (χ1n) is 8.34. The number of hydrogen-bond donors (Lipinski definition) is 2. The number of nitrogens with zero attached hydrogens (tertiary/aromatic N) is 3. The molecule has 0 aliphatic carbocycles. The van der Waals surface area contributed by atoms with Gasteiger partial charge in [-0.1, -0.05) is 48.5 Å². The van der Waals surface area contributed by atoms with Crippen molar-refractivity contribution in [2.75, 3.05) is 5.32 Å². The number of H-pyrrole nitrogens is 1.